The molecule has 0 saturated carbocycles. The summed E-state index contributed by atoms with van der Waals surface area (Å²) in [5.41, 5.74) is 0.870. The standard InChI is InChI=1S/C13H14F3NO/c1-3-4-5-12(17-2)10-6-8-11(9-7-10)18-13(14,15)16/h6-9,12,17H,5H2,1-2H3. The van der Waals surface area contributed by atoms with Crippen LogP contribution in [0.25, 0.3) is 0 Å². The molecular formula is C13H14F3NO. The van der Waals surface area contributed by atoms with Gasteiger partial charge in [0.05, 0.1) is 0 Å². The van der Waals surface area contributed by atoms with Crippen LogP contribution in [-0.2, 0) is 0 Å². The van der Waals surface area contributed by atoms with Crippen LogP contribution in [0.5, 0.6) is 5.75 Å². The lowest BCUT2D eigenvalue weighted by Crippen LogP contribution is -2.18. The molecule has 0 heterocycles. The van der Waals surface area contributed by atoms with Gasteiger partial charge in [-0.2, -0.15) is 0 Å². The number of halogens is 3. The van der Waals surface area contributed by atoms with Crippen molar-refractivity contribution in [2.24, 2.45) is 0 Å². The number of hydrogen-bond acceptors (Lipinski definition) is 2. The van der Waals surface area contributed by atoms with Gasteiger partial charge in [-0.05, 0) is 31.7 Å². The molecule has 0 aliphatic rings. The summed E-state index contributed by atoms with van der Waals surface area (Å²) in [7, 11) is 1.78. The molecule has 0 aliphatic carbocycles. The van der Waals surface area contributed by atoms with Crippen LogP contribution in [0.4, 0.5) is 13.2 Å². The molecule has 0 radical (unpaired) electrons. The van der Waals surface area contributed by atoms with Crippen LogP contribution >= 0.6 is 0 Å². The summed E-state index contributed by atoms with van der Waals surface area (Å²) in [6.07, 6.45) is -4.05. The Morgan fingerprint density at radius 2 is 1.89 bits per heavy atom. The second kappa shape index (κ2) is 6.31. The zero-order chi connectivity index (χ0) is 13.6. The molecule has 0 saturated heterocycles. The quantitative estimate of drug-likeness (QED) is 0.836. The van der Waals surface area contributed by atoms with Crippen LogP contribution < -0.4 is 10.1 Å². The maximum Gasteiger partial charge on any atom is 0.573 e. The zero-order valence-corrected chi connectivity index (χ0v) is 10.1. The topological polar surface area (TPSA) is 21.3 Å². The predicted molar refractivity (Wildman–Crippen MR) is 63.0 cm³/mol. The number of hydrogen-bond donors (Lipinski definition) is 1. The van der Waals surface area contributed by atoms with E-state index in [0.29, 0.717) is 6.42 Å². The number of benzene rings is 1. The van der Waals surface area contributed by atoms with Gasteiger partial charge in [-0.3, -0.25) is 0 Å². The van der Waals surface area contributed by atoms with Gasteiger partial charge < -0.3 is 10.1 Å². The molecule has 1 rings (SSSR count). The van der Waals surface area contributed by atoms with Crippen LogP contribution in [0, 0.1) is 11.8 Å². The first-order valence-corrected chi connectivity index (χ1v) is 5.39. The molecule has 18 heavy (non-hydrogen) atoms. The number of nitrogens with one attached hydrogen (secondary N) is 1. The van der Waals surface area contributed by atoms with Gasteiger partial charge in [0.2, 0.25) is 0 Å². The Morgan fingerprint density at radius 3 is 2.33 bits per heavy atom. The Kier molecular flexibility index (Phi) is 5.05. The Hall–Kier alpha value is -1.67. The van der Waals surface area contributed by atoms with Gasteiger partial charge in [0.15, 0.2) is 0 Å². The largest absolute Gasteiger partial charge is 0.573 e. The highest BCUT2D eigenvalue weighted by atomic mass is 19.4. The third-order valence-electron chi connectivity index (χ3n) is 2.35. The molecule has 0 aromatic heterocycles. The minimum Gasteiger partial charge on any atom is -0.406 e. The van der Waals surface area contributed by atoms with Crippen LogP contribution in [0.3, 0.4) is 0 Å². The molecule has 0 amide bonds. The molecule has 1 aromatic carbocycles. The summed E-state index contributed by atoms with van der Waals surface area (Å²) in [6, 6.07) is 5.79. The van der Waals surface area contributed by atoms with E-state index in [9.17, 15) is 13.2 Å². The SMILES string of the molecule is CC#CCC(NC)c1ccc(OC(F)(F)F)cc1. The molecule has 1 N–H and O–H groups in total. The van der Waals surface area contributed by atoms with E-state index < -0.39 is 6.36 Å². The van der Waals surface area contributed by atoms with E-state index in [4.69, 9.17) is 0 Å². The van der Waals surface area contributed by atoms with Crippen LogP contribution in [-0.4, -0.2) is 13.4 Å². The Balaban J connectivity index is 2.76. The smallest absolute Gasteiger partial charge is 0.406 e. The summed E-state index contributed by atoms with van der Waals surface area (Å²) in [6.45, 7) is 1.74. The predicted octanol–water partition coefficient (Wildman–Crippen LogP) is 3.26. The molecule has 0 bridgehead atoms. The van der Waals surface area contributed by atoms with Gasteiger partial charge in [-0.25, -0.2) is 0 Å². The average molecular weight is 257 g/mol. The first kappa shape index (κ1) is 14.4. The van der Waals surface area contributed by atoms with E-state index in [0.717, 1.165) is 5.56 Å². The Labute approximate surface area is 104 Å². The zero-order valence-electron chi connectivity index (χ0n) is 10.1. The lowest BCUT2D eigenvalue weighted by atomic mass is 10.0. The third kappa shape index (κ3) is 4.68. The molecule has 1 atom stereocenters. The van der Waals surface area contributed by atoms with Crippen molar-refractivity contribution in [3.8, 4) is 17.6 Å². The molecule has 0 spiro atoms. The highest BCUT2D eigenvalue weighted by molar-refractivity contribution is 5.30. The molecule has 98 valence electrons. The fourth-order valence-electron chi connectivity index (χ4n) is 1.49. The summed E-state index contributed by atoms with van der Waals surface area (Å²) in [5.74, 6) is 5.49. The molecule has 1 aromatic rings. The van der Waals surface area contributed by atoms with Gasteiger partial charge in [-0.1, -0.05) is 12.1 Å². The van der Waals surface area contributed by atoms with E-state index in [1.165, 1.54) is 12.1 Å². The van der Waals surface area contributed by atoms with Crippen molar-refractivity contribution in [3.05, 3.63) is 29.8 Å². The lowest BCUT2D eigenvalue weighted by molar-refractivity contribution is -0.274. The first-order chi connectivity index (χ1) is 8.46. The lowest BCUT2D eigenvalue weighted by Gasteiger charge is -2.14. The minimum absolute atomic E-state index is 0.00242. The van der Waals surface area contributed by atoms with Gasteiger partial charge in [0.25, 0.3) is 0 Å². The molecule has 5 heteroatoms. The normalized spacial score (nSPS) is 12.5. The number of ether oxygens (including phenoxy) is 1. The van der Waals surface area contributed by atoms with E-state index >= 15 is 0 Å². The van der Waals surface area contributed by atoms with Crippen molar-refractivity contribution in [2.45, 2.75) is 25.7 Å². The highest BCUT2D eigenvalue weighted by Gasteiger charge is 2.31. The van der Waals surface area contributed by atoms with Gasteiger partial charge in [-0.15, -0.1) is 25.0 Å². The van der Waals surface area contributed by atoms with Crippen LogP contribution in [0.2, 0.25) is 0 Å². The fourth-order valence-corrected chi connectivity index (χ4v) is 1.49. The maximum absolute atomic E-state index is 12.0. The van der Waals surface area contributed by atoms with E-state index in [2.05, 4.69) is 21.9 Å². The second-order valence-electron chi connectivity index (χ2n) is 3.59. The average Bonchev–Trinajstić information content (AvgIpc) is 2.30. The minimum atomic E-state index is -4.66. The fraction of sp³-hybridized carbons (Fsp3) is 0.385. The van der Waals surface area contributed by atoms with Crippen molar-refractivity contribution >= 4 is 0 Å². The van der Waals surface area contributed by atoms with Crippen LogP contribution in [0.1, 0.15) is 24.9 Å². The van der Waals surface area contributed by atoms with Crippen molar-refractivity contribution in [1.82, 2.24) is 5.32 Å². The molecule has 1 unspecified atom stereocenters. The first-order valence-electron chi connectivity index (χ1n) is 5.39. The molecular weight excluding hydrogens is 243 g/mol. The van der Waals surface area contributed by atoms with E-state index in [1.54, 1.807) is 26.1 Å². The number of rotatable bonds is 4. The highest BCUT2D eigenvalue weighted by Crippen LogP contribution is 2.25. The van der Waals surface area contributed by atoms with Crippen molar-refractivity contribution < 1.29 is 17.9 Å². The van der Waals surface area contributed by atoms with Gasteiger partial charge >= 0.3 is 6.36 Å². The molecule has 0 aliphatic heterocycles. The second-order valence-corrected chi connectivity index (χ2v) is 3.59. The monoisotopic (exact) mass is 257 g/mol. The number of alkyl halides is 3. The third-order valence-corrected chi connectivity index (χ3v) is 2.35. The van der Waals surface area contributed by atoms with Crippen molar-refractivity contribution in [2.75, 3.05) is 7.05 Å². The van der Waals surface area contributed by atoms with Gasteiger partial charge in [0.1, 0.15) is 5.75 Å². The van der Waals surface area contributed by atoms with Crippen LogP contribution in [0.15, 0.2) is 24.3 Å². The summed E-state index contributed by atoms with van der Waals surface area (Å²) >= 11 is 0. The van der Waals surface area contributed by atoms with Crippen molar-refractivity contribution in [1.29, 1.82) is 0 Å². The Morgan fingerprint density at radius 1 is 1.28 bits per heavy atom. The van der Waals surface area contributed by atoms with E-state index in [-0.39, 0.29) is 11.8 Å². The Bertz CT molecular complexity index is 428. The molecule has 2 nitrogen and oxygen atoms in total. The summed E-state index contributed by atoms with van der Waals surface area (Å²) in [5, 5.41) is 3.06. The summed E-state index contributed by atoms with van der Waals surface area (Å²) < 4.78 is 39.7. The van der Waals surface area contributed by atoms with Gasteiger partial charge in [0, 0.05) is 12.5 Å². The van der Waals surface area contributed by atoms with Crippen molar-refractivity contribution in [3.63, 3.8) is 0 Å². The molecule has 0 fully saturated rings. The van der Waals surface area contributed by atoms with E-state index in [1.807, 2.05) is 0 Å². The summed E-state index contributed by atoms with van der Waals surface area (Å²) in [4.78, 5) is 0. The maximum atomic E-state index is 12.0.